The minimum atomic E-state index is -0.884. The van der Waals surface area contributed by atoms with E-state index in [0.717, 1.165) is 0 Å². The Bertz CT molecular complexity index is 914. The predicted octanol–water partition coefficient (Wildman–Crippen LogP) is 1.52. The van der Waals surface area contributed by atoms with Crippen molar-refractivity contribution in [2.45, 2.75) is 53.1 Å². The van der Waals surface area contributed by atoms with Crippen LogP contribution in [0.5, 0.6) is 0 Å². The minimum absolute atomic E-state index is 0.00939. The zero-order chi connectivity index (χ0) is 24.0. The Morgan fingerprint density at radius 2 is 1.88 bits per heavy atom. The molecule has 0 spiro atoms. The first-order valence-electron chi connectivity index (χ1n) is 10.5. The molecule has 1 aromatic carbocycles. The molecule has 0 fully saturated rings. The number of esters is 1. The summed E-state index contributed by atoms with van der Waals surface area (Å²) in [6.45, 7) is 8.13. The van der Waals surface area contributed by atoms with Crippen LogP contribution in [0.4, 0.5) is 11.4 Å². The van der Waals surface area contributed by atoms with Crippen LogP contribution in [0.25, 0.3) is 0 Å². The maximum absolute atomic E-state index is 13.4. The zero-order valence-electron chi connectivity index (χ0n) is 19.0. The number of hydrogen-bond acceptors (Lipinski definition) is 6. The van der Waals surface area contributed by atoms with E-state index in [1.807, 2.05) is 0 Å². The van der Waals surface area contributed by atoms with Crippen LogP contribution < -0.4 is 16.0 Å². The van der Waals surface area contributed by atoms with Gasteiger partial charge in [-0.15, -0.1) is 0 Å². The molecule has 2 rings (SSSR count). The fraction of sp³-hybridized carbons (Fsp3) is 0.500. The highest BCUT2D eigenvalue weighted by Crippen LogP contribution is 2.28. The highest BCUT2D eigenvalue weighted by Gasteiger charge is 2.38. The molecule has 174 valence electrons. The standard InChI is InChI=1S/C22H30N4O6/c1-6-32-19(29)9-13(4)23-18(28)11-26-20(12(2)3)21(30)25-17-8-7-15(24-14(5)27)10-16(17)22(26)31/h7-8,10,12-13,20H,6,9,11H2,1-5H3,(H,23,28)(H,24,27)(H,25,30). The van der Waals surface area contributed by atoms with Gasteiger partial charge < -0.3 is 25.6 Å². The molecule has 32 heavy (non-hydrogen) atoms. The zero-order valence-corrected chi connectivity index (χ0v) is 19.0. The highest BCUT2D eigenvalue weighted by molar-refractivity contribution is 6.11. The summed E-state index contributed by atoms with van der Waals surface area (Å²) in [6.07, 6.45) is -0.00939. The molecule has 1 aromatic rings. The van der Waals surface area contributed by atoms with Gasteiger partial charge in [0.1, 0.15) is 12.6 Å². The van der Waals surface area contributed by atoms with Crippen molar-refractivity contribution in [3.8, 4) is 0 Å². The molecule has 2 atom stereocenters. The lowest BCUT2D eigenvalue weighted by atomic mass is 10.0. The average Bonchev–Trinajstić information content (AvgIpc) is 2.76. The number of nitrogens with zero attached hydrogens (tertiary/aromatic N) is 1. The van der Waals surface area contributed by atoms with Crippen molar-refractivity contribution < 1.29 is 28.7 Å². The van der Waals surface area contributed by atoms with E-state index in [4.69, 9.17) is 4.74 Å². The Labute approximate surface area is 187 Å². The Morgan fingerprint density at radius 3 is 2.47 bits per heavy atom. The molecule has 0 radical (unpaired) electrons. The smallest absolute Gasteiger partial charge is 0.307 e. The van der Waals surface area contributed by atoms with E-state index in [1.165, 1.54) is 17.9 Å². The molecule has 0 bridgehead atoms. The largest absolute Gasteiger partial charge is 0.466 e. The van der Waals surface area contributed by atoms with Crippen LogP contribution in [0.2, 0.25) is 0 Å². The third-order valence-electron chi connectivity index (χ3n) is 4.82. The molecule has 2 unspecified atom stereocenters. The number of carbonyl (C=O) groups is 5. The van der Waals surface area contributed by atoms with Crippen molar-refractivity contribution in [1.29, 1.82) is 0 Å². The number of ether oxygens (including phenoxy) is 1. The Kier molecular flexibility index (Phi) is 8.34. The second kappa shape index (κ2) is 10.7. The number of benzene rings is 1. The van der Waals surface area contributed by atoms with Crippen molar-refractivity contribution in [3.63, 3.8) is 0 Å². The predicted molar refractivity (Wildman–Crippen MR) is 118 cm³/mol. The maximum Gasteiger partial charge on any atom is 0.307 e. The first-order valence-corrected chi connectivity index (χ1v) is 10.5. The molecule has 1 aliphatic rings. The van der Waals surface area contributed by atoms with Gasteiger partial charge >= 0.3 is 5.97 Å². The lowest BCUT2D eigenvalue weighted by Gasteiger charge is -2.31. The summed E-state index contributed by atoms with van der Waals surface area (Å²) in [7, 11) is 0. The number of fused-ring (bicyclic) bond motifs is 1. The maximum atomic E-state index is 13.4. The van der Waals surface area contributed by atoms with Crippen molar-refractivity contribution in [2.75, 3.05) is 23.8 Å². The van der Waals surface area contributed by atoms with E-state index in [0.29, 0.717) is 11.4 Å². The third kappa shape index (κ3) is 6.29. The van der Waals surface area contributed by atoms with Crippen molar-refractivity contribution in [3.05, 3.63) is 23.8 Å². The summed E-state index contributed by atoms with van der Waals surface area (Å²) in [4.78, 5) is 63.2. The van der Waals surface area contributed by atoms with E-state index in [2.05, 4.69) is 16.0 Å². The van der Waals surface area contributed by atoms with Gasteiger partial charge in [-0.25, -0.2) is 0 Å². The number of carbonyl (C=O) groups excluding carboxylic acids is 5. The van der Waals surface area contributed by atoms with Gasteiger partial charge in [0.2, 0.25) is 17.7 Å². The van der Waals surface area contributed by atoms with Gasteiger partial charge in [0.15, 0.2) is 0 Å². The first kappa shape index (κ1) is 24.8. The van der Waals surface area contributed by atoms with Crippen molar-refractivity contribution in [1.82, 2.24) is 10.2 Å². The van der Waals surface area contributed by atoms with Crippen LogP contribution in [-0.4, -0.2) is 59.7 Å². The number of rotatable bonds is 8. The number of nitrogens with one attached hydrogen (secondary N) is 3. The molecule has 3 N–H and O–H groups in total. The van der Waals surface area contributed by atoms with Gasteiger partial charge in [-0.05, 0) is 38.0 Å². The Balaban J connectivity index is 2.28. The van der Waals surface area contributed by atoms with Crippen LogP contribution >= 0.6 is 0 Å². The summed E-state index contributed by atoms with van der Waals surface area (Å²) in [5.74, 6) is -2.45. The van der Waals surface area contributed by atoms with E-state index in [9.17, 15) is 24.0 Å². The molecule has 10 heteroatoms. The fourth-order valence-corrected chi connectivity index (χ4v) is 3.57. The molecule has 1 heterocycles. The highest BCUT2D eigenvalue weighted by atomic mass is 16.5. The van der Waals surface area contributed by atoms with E-state index in [-0.39, 0.29) is 37.0 Å². The Morgan fingerprint density at radius 1 is 1.19 bits per heavy atom. The molecule has 0 saturated heterocycles. The quantitative estimate of drug-likeness (QED) is 0.519. The van der Waals surface area contributed by atoms with Crippen LogP contribution in [0.3, 0.4) is 0 Å². The SMILES string of the molecule is CCOC(=O)CC(C)NC(=O)CN1C(=O)c2cc(NC(C)=O)ccc2NC(=O)C1C(C)C. The van der Waals surface area contributed by atoms with E-state index < -0.39 is 35.8 Å². The molecule has 0 aliphatic carbocycles. The summed E-state index contributed by atoms with van der Waals surface area (Å²) >= 11 is 0. The van der Waals surface area contributed by atoms with Gasteiger partial charge in [-0.1, -0.05) is 13.8 Å². The second-order valence-electron chi connectivity index (χ2n) is 8.03. The van der Waals surface area contributed by atoms with Crippen molar-refractivity contribution in [2.24, 2.45) is 5.92 Å². The lowest BCUT2D eigenvalue weighted by Crippen LogP contribution is -2.52. The average molecular weight is 447 g/mol. The molecule has 10 nitrogen and oxygen atoms in total. The number of amides is 4. The summed E-state index contributed by atoms with van der Waals surface area (Å²) in [6, 6.07) is 3.20. The van der Waals surface area contributed by atoms with E-state index >= 15 is 0 Å². The monoisotopic (exact) mass is 446 g/mol. The van der Waals surface area contributed by atoms with Crippen molar-refractivity contribution >= 4 is 41.0 Å². The molecular weight excluding hydrogens is 416 g/mol. The molecule has 0 saturated carbocycles. The summed E-state index contributed by atoms with van der Waals surface area (Å²) in [5.41, 5.74) is 0.868. The normalized spacial score (nSPS) is 16.6. The van der Waals surface area contributed by atoms with Gasteiger partial charge in [0, 0.05) is 18.7 Å². The lowest BCUT2D eigenvalue weighted by molar-refractivity contribution is -0.143. The first-order chi connectivity index (χ1) is 15.0. The third-order valence-corrected chi connectivity index (χ3v) is 4.82. The number of hydrogen-bond donors (Lipinski definition) is 3. The van der Waals surface area contributed by atoms with Crippen LogP contribution in [0.1, 0.15) is 51.4 Å². The molecular formula is C22H30N4O6. The van der Waals surface area contributed by atoms with Crippen LogP contribution in [0.15, 0.2) is 18.2 Å². The number of anilines is 2. The summed E-state index contributed by atoms with van der Waals surface area (Å²) < 4.78 is 4.88. The molecule has 0 aromatic heterocycles. The Hall–Kier alpha value is -3.43. The molecule has 1 aliphatic heterocycles. The summed E-state index contributed by atoms with van der Waals surface area (Å²) in [5, 5.41) is 8.02. The van der Waals surface area contributed by atoms with Crippen LogP contribution in [-0.2, 0) is 23.9 Å². The van der Waals surface area contributed by atoms with Gasteiger partial charge in [0.05, 0.1) is 24.3 Å². The van der Waals surface area contributed by atoms with E-state index in [1.54, 1.807) is 39.8 Å². The van der Waals surface area contributed by atoms with Crippen LogP contribution in [0, 0.1) is 5.92 Å². The van der Waals surface area contributed by atoms with Gasteiger partial charge in [0.25, 0.3) is 5.91 Å². The fourth-order valence-electron chi connectivity index (χ4n) is 3.57. The second-order valence-corrected chi connectivity index (χ2v) is 8.03. The van der Waals surface area contributed by atoms with Gasteiger partial charge in [-0.3, -0.25) is 24.0 Å². The molecule has 4 amide bonds. The van der Waals surface area contributed by atoms with Gasteiger partial charge in [-0.2, -0.15) is 0 Å². The minimum Gasteiger partial charge on any atom is -0.466 e. The topological polar surface area (TPSA) is 134 Å².